The summed E-state index contributed by atoms with van der Waals surface area (Å²) in [6.45, 7) is 2.13. The lowest BCUT2D eigenvalue weighted by atomic mass is 10.1. The van der Waals surface area contributed by atoms with E-state index in [1.807, 2.05) is 6.07 Å². The van der Waals surface area contributed by atoms with Crippen molar-refractivity contribution in [2.75, 3.05) is 6.61 Å². The molecule has 0 atom stereocenters. The molecule has 0 bridgehead atoms. The summed E-state index contributed by atoms with van der Waals surface area (Å²) in [7, 11) is -1.84. The highest BCUT2D eigenvalue weighted by Crippen LogP contribution is 2.15. The molecule has 0 spiro atoms. The second-order valence-electron chi connectivity index (χ2n) is 3.40. The Labute approximate surface area is 100 Å². The van der Waals surface area contributed by atoms with Gasteiger partial charge in [-0.05, 0) is 31.0 Å². The third-order valence-electron chi connectivity index (χ3n) is 2.06. The summed E-state index contributed by atoms with van der Waals surface area (Å²) < 4.78 is 9.51. The Balaban J connectivity index is 2.51. The lowest BCUT2D eigenvalue weighted by Crippen LogP contribution is -2.20. The molecule has 1 rings (SSSR count). The predicted molar refractivity (Wildman–Crippen MR) is 62.2 cm³/mol. The molecule has 0 amide bonds. The molecule has 0 saturated carbocycles. The van der Waals surface area contributed by atoms with E-state index in [4.69, 9.17) is 19.4 Å². The highest BCUT2D eigenvalue weighted by molar-refractivity contribution is 6.33. The van der Waals surface area contributed by atoms with Crippen molar-refractivity contribution in [2.24, 2.45) is 0 Å². The minimum atomic E-state index is -1.84. The third-order valence-corrected chi connectivity index (χ3v) is 2.06. The molecule has 0 radical (unpaired) electrons. The Morgan fingerprint density at radius 1 is 1.41 bits per heavy atom. The average molecular weight is 238 g/mol. The van der Waals surface area contributed by atoms with E-state index in [1.165, 1.54) is 0 Å². The Kier molecular flexibility index (Phi) is 5.52. The minimum Gasteiger partial charge on any atom is -0.512 e. The van der Waals surface area contributed by atoms with Crippen LogP contribution in [0.5, 0.6) is 5.75 Å². The van der Waals surface area contributed by atoms with Crippen LogP contribution in [0.25, 0.3) is 0 Å². The van der Waals surface area contributed by atoms with Crippen molar-refractivity contribution < 1.29 is 24.2 Å². The monoisotopic (exact) mass is 238 g/mol. The fraction of sp³-hybridized carbons (Fsp3) is 0.364. The Hall–Kier alpha value is -1.53. The first-order valence-corrected chi connectivity index (χ1v) is 5.39. The van der Waals surface area contributed by atoms with Crippen molar-refractivity contribution in [1.29, 1.82) is 0 Å². The Morgan fingerprint density at radius 2 is 2.18 bits per heavy atom. The molecule has 0 heterocycles. The van der Waals surface area contributed by atoms with Crippen molar-refractivity contribution in [3.05, 3.63) is 29.8 Å². The van der Waals surface area contributed by atoms with E-state index >= 15 is 0 Å². The van der Waals surface area contributed by atoms with Gasteiger partial charge in [-0.15, -0.1) is 0 Å². The number of hydrogen-bond acceptors (Lipinski definition) is 5. The molecule has 0 aliphatic heterocycles. The van der Waals surface area contributed by atoms with Gasteiger partial charge in [0, 0.05) is 6.42 Å². The number of ether oxygens (including phenoxy) is 1. The highest BCUT2D eigenvalue weighted by Gasteiger charge is 2.11. The van der Waals surface area contributed by atoms with Gasteiger partial charge in [0.2, 0.25) is 0 Å². The maximum Gasteiger partial charge on any atom is 0.707 e. The number of rotatable bonds is 6. The van der Waals surface area contributed by atoms with Gasteiger partial charge in [0.25, 0.3) is 0 Å². The Bertz CT molecular complexity index is 367. The molecule has 6 heteroatoms. The number of carbonyl (C=O) groups excluding carboxylic acids is 1. The molecule has 0 aliphatic carbocycles. The van der Waals surface area contributed by atoms with Gasteiger partial charge >= 0.3 is 13.3 Å². The molecular formula is C11H15BO5. The molecule has 0 aliphatic rings. The number of benzene rings is 1. The minimum absolute atomic E-state index is 0.249. The second kappa shape index (κ2) is 6.93. The predicted octanol–water partition coefficient (Wildman–Crippen LogP) is 0.531. The summed E-state index contributed by atoms with van der Waals surface area (Å²) >= 11 is 0. The van der Waals surface area contributed by atoms with Crippen LogP contribution in [0.3, 0.4) is 0 Å². The number of esters is 1. The molecule has 0 fully saturated rings. The van der Waals surface area contributed by atoms with Crippen LogP contribution in [0.1, 0.15) is 18.9 Å². The summed E-state index contributed by atoms with van der Waals surface area (Å²) in [6, 6.07) is 6.81. The normalized spacial score (nSPS) is 9.82. The van der Waals surface area contributed by atoms with Gasteiger partial charge in [-0.25, -0.2) is 0 Å². The molecule has 1 aromatic carbocycles. The zero-order chi connectivity index (χ0) is 12.7. The maximum atomic E-state index is 11.1. The van der Waals surface area contributed by atoms with Crippen LogP contribution in [0.4, 0.5) is 0 Å². The van der Waals surface area contributed by atoms with E-state index in [0.717, 1.165) is 5.56 Å². The fourth-order valence-corrected chi connectivity index (χ4v) is 1.38. The van der Waals surface area contributed by atoms with Crippen LogP contribution in [0.2, 0.25) is 0 Å². The lowest BCUT2D eigenvalue weighted by molar-refractivity contribution is -0.143. The molecule has 1 aromatic rings. The van der Waals surface area contributed by atoms with Gasteiger partial charge in [-0.1, -0.05) is 12.1 Å². The fourth-order valence-electron chi connectivity index (χ4n) is 1.38. The summed E-state index contributed by atoms with van der Waals surface area (Å²) in [6.07, 6.45) is 0.816. The van der Waals surface area contributed by atoms with E-state index in [1.54, 1.807) is 25.1 Å². The van der Waals surface area contributed by atoms with E-state index in [-0.39, 0.29) is 5.97 Å². The summed E-state index contributed by atoms with van der Waals surface area (Å²) in [5.74, 6) is 0.0994. The van der Waals surface area contributed by atoms with Crippen LogP contribution in [0, 0.1) is 0 Å². The van der Waals surface area contributed by atoms with Crippen molar-refractivity contribution in [3.8, 4) is 5.75 Å². The SMILES string of the molecule is CCOC(=O)CCc1cccc(OB(O)O)c1. The molecule has 0 saturated heterocycles. The molecule has 92 valence electrons. The van der Waals surface area contributed by atoms with Gasteiger partial charge in [-0.3, -0.25) is 4.79 Å². The lowest BCUT2D eigenvalue weighted by Gasteiger charge is -2.07. The molecule has 0 aromatic heterocycles. The number of aryl methyl sites for hydroxylation is 1. The van der Waals surface area contributed by atoms with Crippen molar-refractivity contribution in [3.63, 3.8) is 0 Å². The zero-order valence-corrected chi connectivity index (χ0v) is 9.63. The smallest absolute Gasteiger partial charge is 0.512 e. The Morgan fingerprint density at radius 3 is 2.82 bits per heavy atom. The van der Waals surface area contributed by atoms with Gasteiger partial charge in [0.05, 0.1) is 6.61 Å². The van der Waals surface area contributed by atoms with E-state index in [9.17, 15) is 4.79 Å². The first-order chi connectivity index (χ1) is 8.11. The van der Waals surface area contributed by atoms with Gasteiger partial charge < -0.3 is 19.4 Å². The van der Waals surface area contributed by atoms with Crippen LogP contribution in [0.15, 0.2) is 24.3 Å². The van der Waals surface area contributed by atoms with Gasteiger partial charge in [0.1, 0.15) is 5.75 Å². The van der Waals surface area contributed by atoms with Crippen LogP contribution < -0.4 is 4.65 Å². The highest BCUT2D eigenvalue weighted by atomic mass is 16.6. The summed E-state index contributed by atoms with van der Waals surface area (Å²) in [5.41, 5.74) is 0.871. The van der Waals surface area contributed by atoms with E-state index in [2.05, 4.69) is 0 Å². The molecule has 5 nitrogen and oxygen atoms in total. The van der Waals surface area contributed by atoms with Crippen molar-refractivity contribution in [2.45, 2.75) is 19.8 Å². The van der Waals surface area contributed by atoms with E-state index in [0.29, 0.717) is 25.2 Å². The summed E-state index contributed by atoms with van der Waals surface area (Å²) in [5, 5.41) is 17.3. The first-order valence-electron chi connectivity index (χ1n) is 5.39. The third kappa shape index (κ3) is 5.37. The number of hydrogen-bond donors (Lipinski definition) is 2. The second-order valence-corrected chi connectivity index (χ2v) is 3.40. The van der Waals surface area contributed by atoms with Gasteiger partial charge in [-0.2, -0.15) is 0 Å². The van der Waals surface area contributed by atoms with Crippen molar-refractivity contribution >= 4 is 13.3 Å². The topological polar surface area (TPSA) is 76.0 Å². The standard InChI is InChI=1S/C11H15BO5/c1-2-16-11(13)7-6-9-4-3-5-10(8-9)17-12(14)15/h3-5,8,14-15H,2,6-7H2,1H3. The quantitative estimate of drug-likeness (QED) is 0.558. The van der Waals surface area contributed by atoms with E-state index < -0.39 is 7.32 Å². The molecular weight excluding hydrogens is 223 g/mol. The van der Waals surface area contributed by atoms with Crippen molar-refractivity contribution in [1.82, 2.24) is 0 Å². The molecule has 0 unspecified atom stereocenters. The number of carbonyl (C=O) groups is 1. The molecule has 17 heavy (non-hydrogen) atoms. The van der Waals surface area contributed by atoms with Gasteiger partial charge in [0.15, 0.2) is 0 Å². The van der Waals surface area contributed by atoms with Crippen LogP contribution >= 0.6 is 0 Å². The zero-order valence-electron chi connectivity index (χ0n) is 9.63. The maximum absolute atomic E-state index is 11.1. The first kappa shape index (κ1) is 13.5. The summed E-state index contributed by atoms with van der Waals surface area (Å²) in [4.78, 5) is 11.1. The average Bonchev–Trinajstić information content (AvgIpc) is 2.26. The van der Waals surface area contributed by atoms with Crippen LogP contribution in [-0.2, 0) is 16.0 Å². The molecule has 2 N–H and O–H groups in total. The van der Waals surface area contributed by atoms with Crippen LogP contribution in [-0.4, -0.2) is 29.9 Å². The largest absolute Gasteiger partial charge is 0.707 e.